The fourth-order valence-electron chi connectivity index (χ4n) is 4.25. The summed E-state index contributed by atoms with van der Waals surface area (Å²) in [6.45, 7) is 1.21. The van der Waals surface area contributed by atoms with E-state index in [2.05, 4.69) is 9.97 Å². The third kappa shape index (κ3) is 4.87. The van der Waals surface area contributed by atoms with Crippen molar-refractivity contribution in [1.82, 2.24) is 14.9 Å². The number of benzene rings is 1. The highest BCUT2D eigenvalue weighted by molar-refractivity contribution is 5.97. The number of hydrogen-bond donors (Lipinski definition) is 1. The standard InChI is InChI=1S/C24H25FN4O2/c25-19-6-7-21-18(13-19)14-20(24(26)31)23(28-21)17-4-2-12-29(15-17)22(30)5-1-3-16-8-10-27-11-9-16/h6-11,13-14,17H,1-5,12,15H2,(H2,26,31). The average Bonchev–Trinajstić information content (AvgIpc) is 2.79. The van der Waals surface area contributed by atoms with Gasteiger partial charge in [0.25, 0.3) is 5.91 Å². The Morgan fingerprint density at radius 1 is 1.16 bits per heavy atom. The second kappa shape index (κ2) is 9.20. The topological polar surface area (TPSA) is 89.2 Å². The number of nitrogens with two attached hydrogens (primary N) is 1. The van der Waals surface area contributed by atoms with Crippen molar-refractivity contribution in [2.75, 3.05) is 13.1 Å². The molecule has 4 rings (SSSR count). The molecule has 1 aliphatic heterocycles. The lowest BCUT2D eigenvalue weighted by molar-refractivity contribution is -0.132. The quantitative estimate of drug-likeness (QED) is 0.660. The van der Waals surface area contributed by atoms with Crippen molar-refractivity contribution in [3.8, 4) is 0 Å². The summed E-state index contributed by atoms with van der Waals surface area (Å²) in [4.78, 5) is 35.4. The first-order chi connectivity index (χ1) is 15.0. The number of amides is 2. The maximum atomic E-state index is 13.6. The van der Waals surface area contributed by atoms with Gasteiger partial charge in [-0.05, 0) is 67.6 Å². The van der Waals surface area contributed by atoms with Gasteiger partial charge in [0.2, 0.25) is 5.91 Å². The molecule has 2 aromatic heterocycles. The largest absolute Gasteiger partial charge is 0.366 e. The van der Waals surface area contributed by atoms with Crippen LogP contribution in [-0.4, -0.2) is 39.8 Å². The van der Waals surface area contributed by atoms with E-state index in [-0.39, 0.29) is 11.8 Å². The number of primary amides is 1. The molecule has 7 heteroatoms. The molecule has 0 bridgehead atoms. The van der Waals surface area contributed by atoms with Gasteiger partial charge in [-0.1, -0.05) is 0 Å². The van der Waals surface area contributed by atoms with E-state index in [4.69, 9.17) is 5.73 Å². The van der Waals surface area contributed by atoms with Crippen molar-refractivity contribution in [3.63, 3.8) is 0 Å². The summed E-state index contributed by atoms with van der Waals surface area (Å²) in [5.74, 6) is -0.940. The fourth-order valence-corrected chi connectivity index (χ4v) is 4.25. The molecular weight excluding hydrogens is 395 g/mol. The number of aromatic nitrogens is 2. The van der Waals surface area contributed by atoms with E-state index in [1.807, 2.05) is 17.0 Å². The smallest absolute Gasteiger partial charge is 0.250 e. The van der Waals surface area contributed by atoms with Gasteiger partial charge in [0.15, 0.2) is 0 Å². The number of carbonyl (C=O) groups excluding carboxylic acids is 2. The van der Waals surface area contributed by atoms with E-state index in [0.717, 1.165) is 25.7 Å². The van der Waals surface area contributed by atoms with Crippen LogP contribution in [0.25, 0.3) is 10.9 Å². The van der Waals surface area contributed by atoms with E-state index >= 15 is 0 Å². The van der Waals surface area contributed by atoms with Gasteiger partial charge in [-0.2, -0.15) is 0 Å². The summed E-state index contributed by atoms with van der Waals surface area (Å²) in [5.41, 5.74) is 8.29. The van der Waals surface area contributed by atoms with Gasteiger partial charge >= 0.3 is 0 Å². The van der Waals surface area contributed by atoms with Crippen molar-refractivity contribution >= 4 is 22.7 Å². The first-order valence-corrected chi connectivity index (χ1v) is 10.6. The Kier molecular flexibility index (Phi) is 6.21. The zero-order valence-electron chi connectivity index (χ0n) is 17.3. The summed E-state index contributed by atoms with van der Waals surface area (Å²) in [6.07, 6.45) is 7.25. The molecule has 6 nitrogen and oxygen atoms in total. The van der Waals surface area contributed by atoms with Crippen LogP contribution in [0, 0.1) is 5.82 Å². The molecule has 2 N–H and O–H groups in total. The lowest BCUT2D eigenvalue weighted by Gasteiger charge is -2.33. The van der Waals surface area contributed by atoms with E-state index in [0.29, 0.717) is 41.7 Å². The average molecular weight is 420 g/mol. The summed E-state index contributed by atoms with van der Waals surface area (Å²) in [7, 11) is 0. The molecule has 1 aliphatic rings. The minimum atomic E-state index is -0.588. The molecule has 1 unspecified atom stereocenters. The Balaban J connectivity index is 1.48. The molecule has 2 amide bonds. The predicted octanol–water partition coefficient (Wildman–Crippen LogP) is 3.60. The zero-order chi connectivity index (χ0) is 21.8. The number of fused-ring (bicyclic) bond motifs is 1. The highest BCUT2D eigenvalue weighted by Crippen LogP contribution is 2.30. The van der Waals surface area contributed by atoms with E-state index < -0.39 is 11.7 Å². The number of aryl methyl sites for hydroxylation is 1. The van der Waals surface area contributed by atoms with Crippen LogP contribution in [0.2, 0.25) is 0 Å². The SMILES string of the molecule is NC(=O)c1cc2cc(F)ccc2nc1C1CCCN(C(=O)CCCc2ccncc2)C1. The van der Waals surface area contributed by atoms with Crippen LogP contribution in [0.15, 0.2) is 48.8 Å². The first kappa shape index (κ1) is 20.9. The van der Waals surface area contributed by atoms with Gasteiger partial charge in [0.05, 0.1) is 16.8 Å². The molecule has 0 aliphatic carbocycles. The van der Waals surface area contributed by atoms with Gasteiger partial charge in [-0.3, -0.25) is 19.6 Å². The molecule has 1 aromatic carbocycles. The second-order valence-electron chi connectivity index (χ2n) is 8.01. The van der Waals surface area contributed by atoms with Gasteiger partial charge < -0.3 is 10.6 Å². The Labute approximate surface area is 180 Å². The summed E-state index contributed by atoms with van der Waals surface area (Å²) < 4.78 is 13.6. The monoisotopic (exact) mass is 420 g/mol. The van der Waals surface area contributed by atoms with Crippen LogP contribution in [0.5, 0.6) is 0 Å². The zero-order valence-corrected chi connectivity index (χ0v) is 17.3. The minimum absolute atomic E-state index is 0.0742. The Morgan fingerprint density at radius 3 is 2.74 bits per heavy atom. The van der Waals surface area contributed by atoms with E-state index in [9.17, 15) is 14.0 Å². The van der Waals surface area contributed by atoms with Crippen molar-refractivity contribution < 1.29 is 14.0 Å². The summed E-state index contributed by atoms with van der Waals surface area (Å²) in [5, 5.41) is 0.539. The summed E-state index contributed by atoms with van der Waals surface area (Å²) >= 11 is 0. The molecule has 3 aromatic rings. The minimum Gasteiger partial charge on any atom is -0.366 e. The lowest BCUT2D eigenvalue weighted by Crippen LogP contribution is -2.39. The number of piperidine rings is 1. The van der Waals surface area contributed by atoms with Crippen molar-refractivity contribution in [2.45, 2.75) is 38.0 Å². The number of pyridine rings is 2. The predicted molar refractivity (Wildman–Crippen MR) is 116 cm³/mol. The first-order valence-electron chi connectivity index (χ1n) is 10.6. The molecule has 0 saturated carbocycles. The Morgan fingerprint density at radius 2 is 1.97 bits per heavy atom. The number of rotatable bonds is 6. The van der Waals surface area contributed by atoms with Crippen LogP contribution >= 0.6 is 0 Å². The van der Waals surface area contributed by atoms with Crippen LogP contribution in [0.4, 0.5) is 4.39 Å². The molecule has 31 heavy (non-hydrogen) atoms. The maximum absolute atomic E-state index is 13.6. The number of hydrogen-bond acceptors (Lipinski definition) is 4. The maximum Gasteiger partial charge on any atom is 0.250 e. The molecular formula is C24H25FN4O2. The third-order valence-electron chi connectivity index (χ3n) is 5.84. The molecule has 160 valence electrons. The third-order valence-corrected chi connectivity index (χ3v) is 5.84. The van der Waals surface area contributed by atoms with Crippen LogP contribution in [0.1, 0.15) is 53.2 Å². The van der Waals surface area contributed by atoms with Crippen molar-refractivity contribution in [2.24, 2.45) is 5.73 Å². The van der Waals surface area contributed by atoms with Crippen LogP contribution in [0.3, 0.4) is 0 Å². The highest BCUT2D eigenvalue weighted by Gasteiger charge is 2.28. The highest BCUT2D eigenvalue weighted by atomic mass is 19.1. The van der Waals surface area contributed by atoms with Gasteiger partial charge in [-0.25, -0.2) is 4.39 Å². The number of nitrogens with zero attached hydrogens (tertiary/aromatic N) is 3. The van der Waals surface area contributed by atoms with Crippen LogP contribution < -0.4 is 5.73 Å². The van der Waals surface area contributed by atoms with Crippen molar-refractivity contribution in [3.05, 3.63) is 71.4 Å². The Hall–Kier alpha value is -3.35. The van der Waals surface area contributed by atoms with Gasteiger partial charge in [-0.15, -0.1) is 0 Å². The molecule has 1 saturated heterocycles. The number of likely N-dealkylation sites (tertiary alicyclic amines) is 1. The normalized spacial score (nSPS) is 16.4. The molecule has 0 spiro atoms. The number of carbonyl (C=O) groups is 2. The number of halogens is 1. The second-order valence-corrected chi connectivity index (χ2v) is 8.01. The fraction of sp³-hybridized carbons (Fsp3) is 0.333. The summed E-state index contributed by atoms with van der Waals surface area (Å²) in [6, 6.07) is 9.83. The molecule has 1 atom stereocenters. The lowest BCUT2D eigenvalue weighted by atomic mass is 9.90. The molecule has 3 heterocycles. The molecule has 1 fully saturated rings. The van der Waals surface area contributed by atoms with Crippen molar-refractivity contribution in [1.29, 1.82) is 0 Å². The van der Waals surface area contributed by atoms with E-state index in [1.54, 1.807) is 24.5 Å². The Bertz CT molecular complexity index is 1100. The van der Waals surface area contributed by atoms with Gasteiger partial charge in [0.1, 0.15) is 5.82 Å². The van der Waals surface area contributed by atoms with Crippen LogP contribution in [-0.2, 0) is 11.2 Å². The van der Waals surface area contributed by atoms with E-state index in [1.165, 1.54) is 17.7 Å². The van der Waals surface area contributed by atoms with Gasteiger partial charge in [0, 0.05) is 43.2 Å². The molecule has 0 radical (unpaired) electrons.